The summed E-state index contributed by atoms with van der Waals surface area (Å²) in [6, 6.07) is 4.38. The molecule has 15 heavy (non-hydrogen) atoms. The first-order valence-corrected chi connectivity index (χ1v) is 5.13. The second kappa shape index (κ2) is 4.09. The van der Waals surface area contributed by atoms with Crippen molar-refractivity contribution in [3.05, 3.63) is 42.1 Å². The van der Waals surface area contributed by atoms with E-state index in [-0.39, 0.29) is 5.56 Å². The first kappa shape index (κ1) is 10.3. The van der Waals surface area contributed by atoms with Gasteiger partial charge in [0.2, 0.25) is 0 Å². The Morgan fingerprint density at radius 3 is 2.87 bits per heavy atom. The Bertz CT molecular complexity index is 510. The van der Waals surface area contributed by atoms with Crippen LogP contribution in [-0.2, 0) is 0 Å². The molecule has 2 aromatic rings. The van der Waals surface area contributed by atoms with Gasteiger partial charge in [0, 0.05) is 17.3 Å². The van der Waals surface area contributed by atoms with Gasteiger partial charge in [0.15, 0.2) is 6.29 Å². The Hall–Kier alpha value is -1.24. The average molecular weight is 316 g/mol. The van der Waals surface area contributed by atoms with Crippen molar-refractivity contribution >= 4 is 29.2 Å². The molecule has 0 fully saturated rings. The number of benzene rings is 1. The van der Waals surface area contributed by atoms with E-state index in [1.165, 1.54) is 12.1 Å². The van der Waals surface area contributed by atoms with E-state index in [2.05, 4.69) is 4.98 Å². The van der Waals surface area contributed by atoms with Crippen molar-refractivity contribution in [1.29, 1.82) is 0 Å². The quantitative estimate of drug-likeness (QED) is 0.631. The van der Waals surface area contributed by atoms with Crippen LogP contribution in [0.1, 0.15) is 10.4 Å². The van der Waals surface area contributed by atoms with E-state index < -0.39 is 5.82 Å². The highest BCUT2D eigenvalue weighted by Gasteiger charge is 2.12. The van der Waals surface area contributed by atoms with Crippen LogP contribution < -0.4 is 0 Å². The molecule has 1 aromatic heterocycles. The van der Waals surface area contributed by atoms with Crippen LogP contribution in [0.25, 0.3) is 11.3 Å². The third-order valence-corrected chi connectivity index (χ3v) is 2.51. The highest BCUT2D eigenvalue weighted by atomic mass is 127. The molecule has 0 aliphatic carbocycles. The summed E-state index contributed by atoms with van der Waals surface area (Å²) < 4.78 is 15.2. The van der Waals surface area contributed by atoms with Crippen LogP contribution in [0.3, 0.4) is 0 Å². The van der Waals surface area contributed by atoms with E-state index in [0.717, 1.165) is 0 Å². The number of nitrogens with zero attached hydrogens (tertiary/aromatic N) is 2. The predicted octanol–water partition coefficient (Wildman–Crippen LogP) is 2.70. The standard InChI is InChI=1S/C10H6FIN2O/c11-8-3-1-2-7(5-15)10(8)9-4-14(12)6-13-9/h1-6H. The molecule has 0 N–H and O–H groups in total. The van der Waals surface area contributed by atoms with E-state index in [1.54, 1.807) is 21.4 Å². The molecule has 3 nitrogen and oxygen atoms in total. The lowest BCUT2D eigenvalue weighted by molar-refractivity contribution is 0.112. The first-order valence-electron chi connectivity index (χ1n) is 4.16. The van der Waals surface area contributed by atoms with Crippen LogP contribution >= 0.6 is 22.9 Å². The van der Waals surface area contributed by atoms with Gasteiger partial charge in [-0.1, -0.05) is 12.1 Å². The van der Waals surface area contributed by atoms with Crippen LogP contribution in [0.4, 0.5) is 4.39 Å². The summed E-state index contributed by atoms with van der Waals surface area (Å²) in [5.41, 5.74) is 1.03. The molecule has 1 aromatic carbocycles. The van der Waals surface area contributed by atoms with Crippen LogP contribution in [0, 0.1) is 5.82 Å². The molecule has 2 rings (SSSR count). The lowest BCUT2D eigenvalue weighted by Gasteiger charge is -2.01. The number of aldehydes is 1. The lowest BCUT2D eigenvalue weighted by atomic mass is 10.1. The average Bonchev–Trinajstić information content (AvgIpc) is 2.64. The first-order chi connectivity index (χ1) is 7.22. The van der Waals surface area contributed by atoms with Gasteiger partial charge in [-0.2, -0.15) is 0 Å². The van der Waals surface area contributed by atoms with Gasteiger partial charge in [-0.05, 0) is 6.07 Å². The van der Waals surface area contributed by atoms with Gasteiger partial charge >= 0.3 is 0 Å². The number of hydrogen-bond acceptors (Lipinski definition) is 2. The molecule has 0 amide bonds. The molecule has 0 aliphatic heterocycles. The van der Waals surface area contributed by atoms with Crippen LogP contribution in [0.5, 0.6) is 0 Å². The summed E-state index contributed by atoms with van der Waals surface area (Å²) in [4.78, 5) is 14.8. The van der Waals surface area contributed by atoms with Gasteiger partial charge in [-0.3, -0.25) is 7.58 Å². The van der Waals surface area contributed by atoms with Crippen LogP contribution in [-0.4, -0.2) is 14.1 Å². The SMILES string of the molecule is O=Cc1cccc(F)c1-c1cn(I)cn1. The van der Waals surface area contributed by atoms with E-state index >= 15 is 0 Å². The minimum absolute atomic E-state index is 0.253. The third-order valence-electron chi connectivity index (χ3n) is 1.98. The highest BCUT2D eigenvalue weighted by Crippen LogP contribution is 2.24. The van der Waals surface area contributed by atoms with Crippen molar-refractivity contribution in [2.75, 3.05) is 0 Å². The molecule has 0 atom stereocenters. The molecule has 76 valence electrons. The van der Waals surface area contributed by atoms with Gasteiger partial charge < -0.3 is 0 Å². The topological polar surface area (TPSA) is 34.9 Å². The summed E-state index contributed by atoms with van der Waals surface area (Å²) >= 11 is 2.01. The zero-order chi connectivity index (χ0) is 10.8. The van der Waals surface area contributed by atoms with Crippen molar-refractivity contribution < 1.29 is 9.18 Å². The number of rotatable bonds is 2. The summed E-state index contributed by atoms with van der Waals surface area (Å²) in [5, 5.41) is 0. The number of carbonyl (C=O) groups is 1. The smallest absolute Gasteiger partial charge is 0.150 e. The Labute approximate surface area is 99.4 Å². The minimum Gasteiger partial charge on any atom is -0.298 e. The van der Waals surface area contributed by atoms with Crippen LogP contribution in [0.15, 0.2) is 30.7 Å². The Kier molecular flexibility index (Phi) is 2.81. The summed E-state index contributed by atoms with van der Waals surface area (Å²) in [5.74, 6) is -0.435. The van der Waals surface area contributed by atoms with E-state index in [1.807, 2.05) is 22.9 Å². The zero-order valence-electron chi connectivity index (χ0n) is 7.52. The number of aromatic nitrogens is 2. The fraction of sp³-hybridized carbons (Fsp3) is 0. The highest BCUT2D eigenvalue weighted by molar-refractivity contribution is 14.1. The molecule has 0 saturated heterocycles. The Morgan fingerprint density at radius 2 is 2.27 bits per heavy atom. The molecule has 0 saturated carbocycles. The fourth-order valence-electron chi connectivity index (χ4n) is 1.34. The van der Waals surface area contributed by atoms with E-state index in [0.29, 0.717) is 17.5 Å². The Balaban J connectivity index is 2.65. The minimum atomic E-state index is -0.435. The predicted molar refractivity (Wildman–Crippen MR) is 62.4 cm³/mol. The maximum atomic E-state index is 13.5. The number of hydrogen-bond donors (Lipinski definition) is 0. The van der Waals surface area contributed by atoms with Crippen molar-refractivity contribution in [3.63, 3.8) is 0 Å². The molecule has 5 heteroatoms. The molecular weight excluding hydrogens is 310 g/mol. The maximum Gasteiger partial charge on any atom is 0.150 e. The van der Waals surface area contributed by atoms with Crippen LogP contribution in [0.2, 0.25) is 0 Å². The van der Waals surface area contributed by atoms with Gasteiger partial charge in [0.05, 0.1) is 28.6 Å². The molecule has 0 radical (unpaired) electrons. The van der Waals surface area contributed by atoms with Gasteiger partial charge in [-0.25, -0.2) is 9.37 Å². The second-order valence-electron chi connectivity index (χ2n) is 2.93. The maximum absolute atomic E-state index is 13.5. The zero-order valence-corrected chi connectivity index (χ0v) is 9.68. The monoisotopic (exact) mass is 316 g/mol. The third kappa shape index (κ3) is 1.92. The Morgan fingerprint density at radius 1 is 1.47 bits per heavy atom. The van der Waals surface area contributed by atoms with E-state index in [4.69, 9.17) is 0 Å². The number of imidazole rings is 1. The second-order valence-corrected chi connectivity index (χ2v) is 4.04. The van der Waals surface area contributed by atoms with Crippen molar-refractivity contribution in [3.8, 4) is 11.3 Å². The van der Waals surface area contributed by atoms with Gasteiger partial charge in [0.25, 0.3) is 0 Å². The molecule has 0 spiro atoms. The summed E-state index contributed by atoms with van der Waals surface area (Å²) in [6.45, 7) is 0. The lowest BCUT2D eigenvalue weighted by Crippen LogP contribution is -1.91. The molecule has 0 bridgehead atoms. The van der Waals surface area contributed by atoms with Crippen molar-refractivity contribution in [2.45, 2.75) is 0 Å². The van der Waals surface area contributed by atoms with Gasteiger partial charge in [-0.15, -0.1) is 0 Å². The van der Waals surface area contributed by atoms with E-state index in [9.17, 15) is 9.18 Å². The number of halogens is 2. The summed E-state index contributed by atoms with van der Waals surface area (Å²) in [7, 11) is 0. The molecule has 0 aliphatic rings. The normalized spacial score (nSPS) is 10.3. The van der Waals surface area contributed by atoms with Crippen molar-refractivity contribution in [2.24, 2.45) is 0 Å². The number of carbonyl (C=O) groups excluding carboxylic acids is 1. The molecular formula is C10H6FIN2O. The van der Waals surface area contributed by atoms with Crippen molar-refractivity contribution in [1.82, 2.24) is 7.76 Å². The fourth-order valence-corrected chi connectivity index (χ4v) is 1.73. The van der Waals surface area contributed by atoms with Gasteiger partial charge in [0.1, 0.15) is 12.1 Å². The largest absolute Gasteiger partial charge is 0.298 e. The molecule has 0 unspecified atom stereocenters. The molecule has 1 heterocycles. The summed E-state index contributed by atoms with van der Waals surface area (Å²) in [6.07, 6.45) is 3.84.